The number of carbonyl (C=O) groups excluding carboxylic acids is 2. The van der Waals surface area contributed by atoms with Gasteiger partial charge in [-0.3, -0.25) is 4.79 Å². The van der Waals surface area contributed by atoms with Crippen LogP contribution in [0, 0.1) is 12.8 Å². The van der Waals surface area contributed by atoms with Crippen molar-refractivity contribution in [3.05, 3.63) is 53.8 Å². The second kappa shape index (κ2) is 8.25. The number of nitrogens with one attached hydrogen (secondary N) is 1. The average molecular weight is 380 g/mol. The molecule has 6 heteroatoms. The zero-order chi connectivity index (χ0) is 20.3. The van der Waals surface area contributed by atoms with Gasteiger partial charge in [0.2, 0.25) is 0 Å². The molecule has 6 nitrogen and oxygen atoms in total. The molecule has 0 aliphatic rings. The number of ether oxygens (including phenoxy) is 1. The Morgan fingerprint density at radius 3 is 2.57 bits per heavy atom. The summed E-state index contributed by atoms with van der Waals surface area (Å²) in [6.07, 6.45) is 0. The lowest BCUT2D eigenvalue weighted by Crippen LogP contribution is -2.38. The molecule has 3 rings (SSSR count). The van der Waals surface area contributed by atoms with Gasteiger partial charge in [0.05, 0.1) is 11.1 Å². The highest BCUT2D eigenvalue weighted by molar-refractivity contribution is 6.05. The number of fused-ring (bicyclic) bond motifs is 1. The number of carbonyl (C=O) groups is 2. The van der Waals surface area contributed by atoms with Crippen molar-refractivity contribution in [2.45, 2.75) is 33.7 Å². The standard InChI is InChI=1S/C22H24N2O4/c1-13(2)15(4)23-21(25)12-27-22(26)17-11-19(20-10-9-14(3)28-20)24-18-8-6-5-7-16(17)18/h5-11,13,15H,12H2,1-4H3,(H,23,25)/t15-/m1/s1. The van der Waals surface area contributed by atoms with Crippen molar-refractivity contribution in [2.75, 3.05) is 6.61 Å². The molecule has 0 fully saturated rings. The molecule has 0 saturated carbocycles. The second-order valence-corrected chi connectivity index (χ2v) is 7.16. The van der Waals surface area contributed by atoms with E-state index < -0.39 is 5.97 Å². The third-order valence-corrected chi connectivity index (χ3v) is 4.65. The maximum atomic E-state index is 12.7. The molecule has 0 unspecified atom stereocenters. The summed E-state index contributed by atoms with van der Waals surface area (Å²) in [5.74, 6) is 0.721. The molecule has 2 aromatic heterocycles. The number of amides is 1. The fourth-order valence-electron chi connectivity index (χ4n) is 2.71. The molecule has 1 aromatic carbocycles. The number of hydrogen-bond donors (Lipinski definition) is 1. The minimum Gasteiger partial charge on any atom is -0.460 e. The molecule has 146 valence electrons. The molecular weight excluding hydrogens is 356 g/mol. The Morgan fingerprint density at radius 1 is 1.14 bits per heavy atom. The minimum absolute atomic E-state index is 0.00162. The van der Waals surface area contributed by atoms with Gasteiger partial charge in [0, 0.05) is 11.4 Å². The van der Waals surface area contributed by atoms with Crippen LogP contribution in [0.25, 0.3) is 22.4 Å². The number of nitrogens with zero attached hydrogens (tertiary/aromatic N) is 1. The first-order chi connectivity index (χ1) is 13.3. The third-order valence-electron chi connectivity index (χ3n) is 4.65. The number of aromatic nitrogens is 1. The third kappa shape index (κ3) is 4.39. The van der Waals surface area contributed by atoms with Crippen LogP contribution in [0.5, 0.6) is 0 Å². The molecule has 1 amide bonds. The van der Waals surface area contributed by atoms with Crippen molar-refractivity contribution in [1.29, 1.82) is 0 Å². The zero-order valence-electron chi connectivity index (χ0n) is 16.5. The van der Waals surface area contributed by atoms with E-state index >= 15 is 0 Å². The number of aryl methyl sites for hydroxylation is 1. The summed E-state index contributed by atoms with van der Waals surface area (Å²) < 4.78 is 10.9. The zero-order valence-corrected chi connectivity index (χ0v) is 16.5. The van der Waals surface area contributed by atoms with Crippen LogP contribution in [0.3, 0.4) is 0 Å². The van der Waals surface area contributed by atoms with Crippen molar-refractivity contribution in [3.63, 3.8) is 0 Å². The van der Waals surface area contributed by atoms with Gasteiger partial charge in [-0.15, -0.1) is 0 Å². The number of pyridine rings is 1. The summed E-state index contributed by atoms with van der Waals surface area (Å²) in [5.41, 5.74) is 1.54. The van der Waals surface area contributed by atoms with Crippen LogP contribution in [0.4, 0.5) is 0 Å². The number of furan rings is 1. The van der Waals surface area contributed by atoms with Gasteiger partial charge in [-0.1, -0.05) is 32.0 Å². The molecule has 0 spiro atoms. The molecule has 0 bridgehead atoms. The van der Waals surface area contributed by atoms with Gasteiger partial charge in [0.25, 0.3) is 5.91 Å². The number of hydrogen-bond acceptors (Lipinski definition) is 5. The smallest absolute Gasteiger partial charge is 0.339 e. The Morgan fingerprint density at radius 2 is 1.89 bits per heavy atom. The van der Waals surface area contributed by atoms with Gasteiger partial charge < -0.3 is 14.5 Å². The van der Waals surface area contributed by atoms with E-state index in [1.807, 2.05) is 58.0 Å². The molecule has 28 heavy (non-hydrogen) atoms. The van der Waals surface area contributed by atoms with Gasteiger partial charge in [-0.2, -0.15) is 0 Å². The Hall–Kier alpha value is -3.15. The fourth-order valence-corrected chi connectivity index (χ4v) is 2.71. The predicted octanol–water partition coefficient (Wildman–Crippen LogP) is 4.12. The van der Waals surface area contributed by atoms with E-state index in [9.17, 15) is 9.59 Å². The molecule has 0 saturated heterocycles. The quantitative estimate of drug-likeness (QED) is 0.651. The van der Waals surface area contributed by atoms with E-state index in [2.05, 4.69) is 10.3 Å². The van der Waals surface area contributed by atoms with E-state index in [1.165, 1.54) is 0 Å². The maximum Gasteiger partial charge on any atom is 0.339 e. The summed E-state index contributed by atoms with van der Waals surface area (Å²) in [7, 11) is 0. The molecule has 1 N–H and O–H groups in total. The van der Waals surface area contributed by atoms with Gasteiger partial charge in [-0.05, 0) is 44.0 Å². The summed E-state index contributed by atoms with van der Waals surface area (Å²) in [6.45, 7) is 7.45. The lowest BCUT2D eigenvalue weighted by molar-refractivity contribution is -0.125. The molecule has 3 aromatic rings. The monoisotopic (exact) mass is 380 g/mol. The first kappa shape index (κ1) is 19.6. The Kier molecular flexibility index (Phi) is 5.78. The van der Waals surface area contributed by atoms with E-state index in [0.717, 1.165) is 5.76 Å². The van der Waals surface area contributed by atoms with Crippen molar-refractivity contribution < 1.29 is 18.7 Å². The normalized spacial score (nSPS) is 12.2. The van der Waals surface area contributed by atoms with E-state index in [4.69, 9.17) is 9.15 Å². The first-order valence-corrected chi connectivity index (χ1v) is 9.28. The van der Waals surface area contributed by atoms with Gasteiger partial charge in [0.15, 0.2) is 12.4 Å². The largest absolute Gasteiger partial charge is 0.460 e. The molecule has 1 atom stereocenters. The summed E-state index contributed by atoms with van der Waals surface area (Å²) in [6, 6.07) is 12.6. The van der Waals surface area contributed by atoms with Crippen LogP contribution >= 0.6 is 0 Å². The topological polar surface area (TPSA) is 81.4 Å². The first-order valence-electron chi connectivity index (χ1n) is 9.28. The highest BCUT2D eigenvalue weighted by Crippen LogP contribution is 2.26. The van der Waals surface area contributed by atoms with Gasteiger partial charge >= 0.3 is 5.97 Å². The number of benzene rings is 1. The van der Waals surface area contributed by atoms with E-state index in [-0.39, 0.29) is 18.6 Å². The van der Waals surface area contributed by atoms with Crippen LogP contribution in [-0.4, -0.2) is 29.5 Å². The summed E-state index contributed by atoms with van der Waals surface area (Å²) >= 11 is 0. The van der Waals surface area contributed by atoms with Crippen LogP contribution in [-0.2, 0) is 9.53 Å². The van der Waals surface area contributed by atoms with Crippen molar-refractivity contribution in [2.24, 2.45) is 5.92 Å². The Bertz CT molecular complexity index is 1010. The second-order valence-electron chi connectivity index (χ2n) is 7.16. The van der Waals surface area contributed by atoms with Crippen LogP contribution < -0.4 is 5.32 Å². The molecule has 0 radical (unpaired) electrons. The van der Waals surface area contributed by atoms with Crippen LogP contribution in [0.2, 0.25) is 0 Å². The summed E-state index contributed by atoms with van der Waals surface area (Å²) in [4.78, 5) is 29.3. The Labute approximate surface area is 163 Å². The highest BCUT2D eigenvalue weighted by Gasteiger charge is 2.18. The number of para-hydroxylation sites is 1. The number of rotatable bonds is 6. The van der Waals surface area contributed by atoms with Crippen LogP contribution in [0.15, 0.2) is 46.9 Å². The lowest BCUT2D eigenvalue weighted by Gasteiger charge is -2.17. The Balaban J connectivity index is 1.84. The molecule has 0 aliphatic heterocycles. The molecular formula is C22H24N2O4. The summed E-state index contributed by atoms with van der Waals surface area (Å²) in [5, 5.41) is 3.48. The SMILES string of the molecule is Cc1ccc(-c2cc(C(=O)OCC(=O)N[C@H](C)C(C)C)c3ccccc3n2)o1. The van der Waals surface area contributed by atoms with E-state index in [1.54, 1.807) is 12.1 Å². The van der Waals surface area contributed by atoms with Gasteiger partial charge in [0.1, 0.15) is 11.5 Å². The maximum absolute atomic E-state index is 12.7. The van der Waals surface area contributed by atoms with Gasteiger partial charge in [-0.25, -0.2) is 9.78 Å². The molecule has 2 heterocycles. The van der Waals surface area contributed by atoms with Crippen molar-refractivity contribution in [3.8, 4) is 11.5 Å². The highest BCUT2D eigenvalue weighted by atomic mass is 16.5. The van der Waals surface area contributed by atoms with Crippen molar-refractivity contribution >= 4 is 22.8 Å². The van der Waals surface area contributed by atoms with Crippen LogP contribution in [0.1, 0.15) is 36.9 Å². The fraction of sp³-hybridized carbons (Fsp3) is 0.318. The van der Waals surface area contributed by atoms with E-state index in [0.29, 0.717) is 33.8 Å². The predicted molar refractivity (Wildman–Crippen MR) is 107 cm³/mol. The average Bonchev–Trinajstić information content (AvgIpc) is 3.11. The van der Waals surface area contributed by atoms with Crippen molar-refractivity contribution in [1.82, 2.24) is 10.3 Å². The molecule has 0 aliphatic carbocycles. The number of esters is 1. The lowest BCUT2D eigenvalue weighted by atomic mass is 10.1. The minimum atomic E-state index is -0.574.